The van der Waals surface area contributed by atoms with Crippen LogP contribution in [0.25, 0.3) is 0 Å². The van der Waals surface area contributed by atoms with Crippen molar-refractivity contribution in [3.63, 3.8) is 0 Å². The van der Waals surface area contributed by atoms with Crippen molar-refractivity contribution in [1.29, 1.82) is 0 Å². The van der Waals surface area contributed by atoms with E-state index < -0.39 is 5.97 Å². The molecule has 1 aliphatic rings. The molecule has 0 fully saturated rings. The van der Waals surface area contributed by atoms with Crippen LogP contribution < -0.4 is 5.32 Å². The molecule has 19 heavy (non-hydrogen) atoms. The number of fused-ring (bicyclic) bond motifs is 1. The van der Waals surface area contributed by atoms with Crippen molar-refractivity contribution in [2.45, 2.75) is 33.1 Å². The minimum atomic E-state index is -0.432. The predicted octanol–water partition coefficient (Wildman–Crippen LogP) is 1.94. The number of amides is 1. The Hall–Kier alpha value is -1.69. The third-order valence-corrected chi connectivity index (χ3v) is 4.02. The van der Waals surface area contributed by atoms with E-state index in [9.17, 15) is 14.4 Å². The lowest BCUT2D eigenvalue weighted by Crippen LogP contribution is -2.16. The molecule has 6 heteroatoms. The van der Waals surface area contributed by atoms with Crippen LogP contribution in [0.5, 0.6) is 0 Å². The maximum Gasteiger partial charge on any atom is 0.341 e. The van der Waals surface area contributed by atoms with Crippen LogP contribution in [0.15, 0.2) is 0 Å². The summed E-state index contributed by atoms with van der Waals surface area (Å²) in [6, 6.07) is 0. The number of rotatable bonds is 3. The molecule has 2 rings (SSSR count). The first-order valence-electron chi connectivity index (χ1n) is 6.13. The van der Waals surface area contributed by atoms with Gasteiger partial charge in [-0.25, -0.2) is 4.79 Å². The summed E-state index contributed by atoms with van der Waals surface area (Å²) in [5, 5.41) is 3.14. The summed E-state index contributed by atoms with van der Waals surface area (Å²) in [6.45, 7) is 3.40. The molecular formula is C13H15NO4S. The predicted molar refractivity (Wildman–Crippen MR) is 71.6 cm³/mol. The second-order valence-corrected chi connectivity index (χ2v) is 5.43. The standard InChI is InChI=1S/C13H15NO4S/c1-3-18-13(17)11-9-5-4-8(16)6-10(9)19-12(11)14-7(2)15/h3-6H2,1-2H3,(H,14,15). The SMILES string of the molecule is CCOC(=O)c1c(NC(C)=O)sc2c1CCC(=O)C2. The molecule has 1 heterocycles. The Bertz CT molecular complexity index is 547. The summed E-state index contributed by atoms with van der Waals surface area (Å²) < 4.78 is 5.03. The van der Waals surface area contributed by atoms with Crippen LogP contribution in [0, 0.1) is 0 Å². The van der Waals surface area contributed by atoms with Gasteiger partial charge in [0.05, 0.1) is 12.2 Å². The lowest BCUT2D eigenvalue weighted by Gasteiger charge is -2.11. The third-order valence-electron chi connectivity index (χ3n) is 2.87. The molecule has 5 nitrogen and oxygen atoms in total. The number of carbonyl (C=O) groups is 3. The maximum absolute atomic E-state index is 12.0. The van der Waals surface area contributed by atoms with E-state index in [4.69, 9.17) is 4.74 Å². The first kappa shape index (κ1) is 13.7. The largest absolute Gasteiger partial charge is 0.462 e. The van der Waals surface area contributed by atoms with Gasteiger partial charge in [0.15, 0.2) is 0 Å². The zero-order chi connectivity index (χ0) is 14.0. The Morgan fingerprint density at radius 2 is 2.11 bits per heavy atom. The van der Waals surface area contributed by atoms with Crippen LogP contribution >= 0.6 is 11.3 Å². The summed E-state index contributed by atoms with van der Waals surface area (Å²) in [6.07, 6.45) is 1.32. The van der Waals surface area contributed by atoms with E-state index in [1.165, 1.54) is 18.3 Å². The lowest BCUT2D eigenvalue weighted by molar-refractivity contribution is -0.118. The van der Waals surface area contributed by atoms with Gasteiger partial charge >= 0.3 is 5.97 Å². The molecular weight excluding hydrogens is 266 g/mol. The molecule has 1 aromatic heterocycles. The van der Waals surface area contributed by atoms with Gasteiger partial charge in [0.25, 0.3) is 0 Å². The van der Waals surface area contributed by atoms with Gasteiger partial charge in [0, 0.05) is 24.6 Å². The summed E-state index contributed by atoms with van der Waals surface area (Å²) in [4.78, 5) is 35.5. The van der Waals surface area contributed by atoms with Gasteiger partial charge in [-0.15, -0.1) is 11.3 Å². The van der Waals surface area contributed by atoms with E-state index in [0.717, 1.165) is 10.4 Å². The van der Waals surface area contributed by atoms with E-state index >= 15 is 0 Å². The van der Waals surface area contributed by atoms with Crippen LogP contribution in [-0.4, -0.2) is 24.3 Å². The van der Waals surface area contributed by atoms with Crippen molar-refractivity contribution < 1.29 is 19.1 Å². The zero-order valence-electron chi connectivity index (χ0n) is 10.9. The fourth-order valence-corrected chi connectivity index (χ4v) is 3.43. The highest BCUT2D eigenvalue weighted by Crippen LogP contribution is 2.37. The first-order chi connectivity index (χ1) is 9.02. The van der Waals surface area contributed by atoms with Crippen molar-refractivity contribution in [1.82, 2.24) is 0 Å². The molecule has 0 aliphatic heterocycles. The third kappa shape index (κ3) is 2.84. The Labute approximate surface area is 114 Å². The smallest absolute Gasteiger partial charge is 0.341 e. The van der Waals surface area contributed by atoms with Crippen LogP contribution in [0.1, 0.15) is 41.1 Å². The van der Waals surface area contributed by atoms with E-state index in [1.54, 1.807) is 6.92 Å². The number of esters is 1. The summed E-state index contributed by atoms with van der Waals surface area (Å²) in [7, 11) is 0. The number of Topliss-reactive ketones (excluding diaryl/α,β-unsaturated/α-hetero) is 1. The number of hydrogen-bond donors (Lipinski definition) is 1. The number of ether oxygens (including phenoxy) is 1. The Kier molecular flexibility index (Phi) is 3.99. The fraction of sp³-hybridized carbons (Fsp3) is 0.462. The number of thiophene rings is 1. The van der Waals surface area contributed by atoms with Crippen molar-refractivity contribution in [2.75, 3.05) is 11.9 Å². The van der Waals surface area contributed by atoms with E-state index in [0.29, 0.717) is 29.8 Å². The minimum absolute atomic E-state index is 0.165. The molecule has 0 aromatic carbocycles. The average Bonchev–Trinajstić information content (AvgIpc) is 2.65. The molecule has 0 saturated carbocycles. The van der Waals surface area contributed by atoms with E-state index in [1.807, 2.05) is 0 Å². The summed E-state index contributed by atoms with van der Waals surface area (Å²) in [5.74, 6) is -0.507. The number of anilines is 1. The molecule has 0 unspecified atom stereocenters. The second-order valence-electron chi connectivity index (χ2n) is 4.33. The number of hydrogen-bond acceptors (Lipinski definition) is 5. The Balaban J connectivity index is 2.44. The Morgan fingerprint density at radius 3 is 2.74 bits per heavy atom. The van der Waals surface area contributed by atoms with Gasteiger partial charge in [0.2, 0.25) is 5.91 Å². The highest BCUT2D eigenvalue weighted by atomic mass is 32.1. The maximum atomic E-state index is 12.0. The van der Waals surface area contributed by atoms with Crippen LogP contribution in [-0.2, 0) is 27.2 Å². The van der Waals surface area contributed by atoms with E-state index in [-0.39, 0.29) is 18.3 Å². The van der Waals surface area contributed by atoms with Gasteiger partial charge in [-0.2, -0.15) is 0 Å². The number of ketones is 1. The van der Waals surface area contributed by atoms with Gasteiger partial charge in [-0.1, -0.05) is 0 Å². The molecule has 0 bridgehead atoms. The van der Waals surface area contributed by atoms with Crippen LogP contribution in [0.4, 0.5) is 5.00 Å². The van der Waals surface area contributed by atoms with Gasteiger partial charge in [-0.05, 0) is 18.9 Å². The second kappa shape index (κ2) is 5.52. The molecule has 0 atom stereocenters. The monoisotopic (exact) mass is 281 g/mol. The molecule has 0 spiro atoms. The zero-order valence-corrected chi connectivity index (χ0v) is 11.7. The van der Waals surface area contributed by atoms with Gasteiger partial charge in [-0.3, -0.25) is 9.59 Å². The highest BCUT2D eigenvalue weighted by Gasteiger charge is 2.29. The molecule has 102 valence electrons. The highest BCUT2D eigenvalue weighted by molar-refractivity contribution is 7.17. The van der Waals surface area contributed by atoms with Gasteiger partial charge < -0.3 is 10.1 Å². The normalized spacial score (nSPS) is 13.9. The Morgan fingerprint density at radius 1 is 1.37 bits per heavy atom. The molecule has 1 aromatic rings. The van der Waals surface area contributed by atoms with Gasteiger partial charge in [0.1, 0.15) is 10.8 Å². The molecule has 1 N–H and O–H groups in total. The summed E-state index contributed by atoms with van der Waals surface area (Å²) in [5.41, 5.74) is 1.27. The fourth-order valence-electron chi connectivity index (χ4n) is 2.12. The average molecular weight is 281 g/mol. The van der Waals surface area contributed by atoms with Crippen LogP contribution in [0.3, 0.4) is 0 Å². The van der Waals surface area contributed by atoms with Crippen molar-refractivity contribution in [3.8, 4) is 0 Å². The van der Waals surface area contributed by atoms with Crippen LogP contribution in [0.2, 0.25) is 0 Å². The molecule has 1 aliphatic carbocycles. The van der Waals surface area contributed by atoms with Crippen molar-refractivity contribution in [2.24, 2.45) is 0 Å². The molecule has 0 radical (unpaired) electrons. The minimum Gasteiger partial charge on any atom is -0.462 e. The molecule has 1 amide bonds. The molecule has 0 saturated heterocycles. The summed E-state index contributed by atoms with van der Waals surface area (Å²) >= 11 is 1.29. The first-order valence-corrected chi connectivity index (χ1v) is 6.95. The number of carbonyl (C=O) groups excluding carboxylic acids is 3. The topological polar surface area (TPSA) is 72.5 Å². The lowest BCUT2D eigenvalue weighted by atomic mass is 9.94. The van der Waals surface area contributed by atoms with E-state index in [2.05, 4.69) is 5.32 Å². The van der Waals surface area contributed by atoms with Crippen molar-refractivity contribution >= 4 is 34.0 Å². The number of nitrogens with one attached hydrogen (secondary N) is 1. The quantitative estimate of drug-likeness (QED) is 0.859. The van der Waals surface area contributed by atoms with Crippen molar-refractivity contribution in [3.05, 3.63) is 16.0 Å².